The average molecular weight is 766 g/mol. The molecule has 6 atom stereocenters. The molecule has 2 saturated heterocycles. The number of carboxylic acids is 2. The Labute approximate surface area is 318 Å². The highest BCUT2D eigenvalue weighted by Crippen LogP contribution is 2.23. The quantitative estimate of drug-likeness (QED) is 0.0852. The molecule has 17 heteroatoms. The second-order valence-electron chi connectivity index (χ2n) is 14.0. The summed E-state index contributed by atoms with van der Waals surface area (Å²) in [6.07, 6.45) is 1.97. The zero-order chi connectivity index (χ0) is 40.1. The van der Waals surface area contributed by atoms with Gasteiger partial charge in [0.15, 0.2) is 0 Å². The van der Waals surface area contributed by atoms with E-state index in [9.17, 15) is 43.8 Å². The molecule has 0 spiro atoms. The molecule has 0 aliphatic carbocycles. The van der Waals surface area contributed by atoms with Crippen molar-refractivity contribution >= 4 is 41.5 Å². The fourth-order valence-corrected chi connectivity index (χ4v) is 6.98. The molecule has 10 N–H and O–H groups in total. The van der Waals surface area contributed by atoms with E-state index in [-0.39, 0.29) is 50.9 Å². The summed E-state index contributed by atoms with van der Waals surface area (Å²) in [5.41, 5.74) is 12.7. The number of aliphatic carboxylic acids is 2. The maximum absolute atomic E-state index is 14.3. The summed E-state index contributed by atoms with van der Waals surface area (Å²) < 4.78 is 0. The second-order valence-corrected chi connectivity index (χ2v) is 14.0. The molecule has 2 fully saturated rings. The molecule has 2 heterocycles. The SMILES string of the molecule is NCCCC[C@H](NC(=O)[C@H](Cc1ccccc1)NC(=O)[C@@H]1CCCN1C(=O)[C@H](Cc1ccc(O)cc1)NC(=O)[C@@H]1CCCN1C(=O)[C@@H](N)CC(=O)O)C(=O)O. The highest BCUT2D eigenvalue weighted by Gasteiger charge is 2.42. The Morgan fingerprint density at radius 1 is 0.709 bits per heavy atom. The maximum atomic E-state index is 14.3. The Morgan fingerprint density at radius 3 is 1.82 bits per heavy atom. The van der Waals surface area contributed by atoms with E-state index in [0.29, 0.717) is 43.4 Å². The first-order valence-electron chi connectivity index (χ1n) is 18.5. The number of likely N-dealkylation sites (tertiary alicyclic amines) is 2. The minimum absolute atomic E-state index is 0.0101. The van der Waals surface area contributed by atoms with Crippen molar-refractivity contribution in [2.45, 2.75) is 100 Å². The molecule has 2 aromatic carbocycles. The van der Waals surface area contributed by atoms with Crippen molar-refractivity contribution in [1.82, 2.24) is 25.8 Å². The number of carbonyl (C=O) groups is 7. The molecule has 17 nitrogen and oxygen atoms in total. The molecule has 4 rings (SSSR count). The van der Waals surface area contributed by atoms with Gasteiger partial charge in [0.05, 0.1) is 12.5 Å². The van der Waals surface area contributed by atoms with Gasteiger partial charge in [-0.15, -0.1) is 0 Å². The van der Waals surface area contributed by atoms with Gasteiger partial charge in [0.1, 0.15) is 36.0 Å². The van der Waals surface area contributed by atoms with E-state index in [1.807, 2.05) is 0 Å². The van der Waals surface area contributed by atoms with E-state index in [1.165, 1.54) is 21.9 Å². The van der Waals surface area contributed by atoms with Crippen molar-refractivity contribution in [2.24, 2.45) is 11.5 Å². The molecule has 0 radical (unpaired) electrons. The summed E-state index contributed by atoms with van der Waals surface area (Å²) in [5, 5.41) is 36.8. The van der Waals surface area contributed by atoms with Crippen LogP contribution >= 0.6 is 0 Å². The number of hydrogen-bond acceptors (Lipinski definition) is 10. The molecule has 2 aliphatic heterocycles. The minimum Gasteiger partial charge on any atom is -0.508 e. The molecular formula is C38H51N7O10. The van der Waals surface area contributed by atoms with Gasteiger partial charge in [-0.1, -0.05) is 42.5 Å². The molecule has 0 aromatic heterocycles. The number of rotatable bonds is 19. The Morgan fingerprint density at radius 2 is 1.25 bits per heavy atom. The van der Waals surface area contributed by atoms with E-state index in [1.54, 1.807) is 42.5 Å². The van der Waals surface area contributed by atoms with Gasteiger partial charge in [0.2, 0.25) is 29.5 Å². The van der Waals surface area contributed by atoms with Crippen LogP contribution in [0.3, 0.4) is 0 Å². The lowest BCUT2D eigenvalue weighted by Gasteiger charge is -2.32. The van der Waals surface area contributed by atoms with Gasteiger partial charge in [0.25, 0.3) is 0 Å². The van der Waals surface area contributed by atoms with Gasteiger partial charge in [0, 0.05) is 25.9 Å². The Balaban J connectivity index is 1.54. The molecule has 0 saturated carbocycles. The largest absolute Gasteiger partial charge is 0.508 e. The lowest BCUT2D eigenvalue weighted by atomic mass is 10.0. The van der Waals surface area contributed by atoms with E-state index in [4.69, 9.17) is 16.6 Å². The number of aromatic hydroxyl groups is 1. The molecule has 55 heavy (non-hydrogen) atoms. The third-order valence-corrected chi connectivity index (χ3v) is 9.86. The van der Waals surface area contributed by atoms with Gasteiger partial charge < -0.3 is 52.5 Å². The Hall–Kier alpha value is -5.55. The van der Waals surface area contributed by atoms with Crippen LogP contribution in [0.15, 0.2) is 54.6 Å². The first-order valence-corrected chi connectivity index (χ1v) is 18.5. The van der Waals surface area contributed by atoms with Crippen LogP contribution in [0.25, 0.3) is 0 Å². The van der Waals surface area contributed by atoms with Gasteiger partial charge >= 0.3 is 11.9 Å². The first-order chi connectivity index (χ1) is 26.3. The van der Waals surface area contributed by atoms with Crippen molar-refractivity contribution in [2.75, 3.05) is 19.6 Å². The van der Waals surface area contributed by atoms with Crippen LogP contribution in [0.1, 0.15) is 62.5 Å². The van der Waals surface area contributed by atoms with Crippen LogP contribution in [-0.4, -0.2) is 122 Å². The summed E-state index contributed by atoms with van der Waals surface area (Å²) >= 11 is 0. The second kappa shape index (κ2) is 20.2. The van der Waals surface area contributed by atoms with Crippen LogP contribution in [0.4, 0.5) is 0 Å². The van der Waals surface area contributed by atoms with Gasteiger partial charge in [-0.2, -0.15) is 0 Å². The third kappa shape index (κ3) is 12.0. The molecule has 2 aromatic rings. The number of hydrogen-bond donors (Lipinski definition) is 8. The zero-order valence-electron chi connectivity index (χ0n) is 30.6. The summed E-state index contributed by atoms with van der Waals surface area (Å²) in [4.78, 5) is 94.4. The summed E-state index contributed by atoms with van der Waals surface area (Å²) in [6, 6.07) is 7.87. The van der Waals surface area contributed by atoms with E-state index in [0.717, 1.165) is 0 Å². The normalized spacial score (nSPS) is 18.8. The van der Waals surface area contributed by atoms with Crippen LogP contribution < -0.4 is 27.4 Å². The number of phenols is 1. The highest BCUT2D eigenvalue weighted by molar-refractivity contribution is 5.97. The number of unbranched alkanes of at least 4 members (excludes halogenated alkanes) is 1. The number of nitrogens with one attached hydrogen (secondary N) is 3. The van der Waals surface area contributed by atoms with E-state index >= 15 is 0 Å². The third-order valence-electron chi connectivity index (χ3n) is 9.86. The highest BCUT2D eigenvalue weighted by atomic mass is 16.4. The fraction of sp³-hybridized carbons (Fsp3) is 0.500. The smallest absolute Gasteiger partial charge is 0.326 e. The lowest BCUT2D eigenvalue weighted by molar-refractivity contribution is -0.145. The lowest BCUT2D eigenvalue weighted by Crippen LogP contribution is -2.59. The first kappa shape index (κ1) is 42.2. The van der Waals surface area contributed by atoms with Crippen molar-refractivity contribution < 1.29 is 48.9 Å². The monoisotopic (exact) mass is 765 g/mol. The standard InChI is InChI=1S/C38H51N7O10/c39-17-5-4-10-27(38(54)55)41-33(49)28(20-23-8-2-1-3-9-23)42-34(50)31-12-7-19-45(31)37(53)29(21-24-13-15-25(46)16-14-24)43-35(51)30-11-6-18-44(30)36(52)26(40)22-32(47)48/h1-3,8-9,13-16,26-31,46H,4-7,10-12,17-22,39-40H2,(H,41,49)(H,42,50)(H,43,51)(H,47,48)(H,54,55)/t26-,27-,28-,29-,30-,31-/m0/s1. The predicted octanol–water partition coefficient (Wildman–Crippen LogP) is -0.371. The van der Waals surface area contributed by atoms with Gasteiger partial charge in [-0.25, -0.2) is 4.79 Å². The predicted molar refractivity (Wildman–Crippen MR) is 198 cm³/mol. The van der Waals surface area contributed by atoms with Crippen molar-refractivity contribution in [3.05, 3.63) is 65.7 Å². The topological polar surface area (TPSA) is 275 Å². The molecule has 5 amide bonds. The molecule has 0 bridgehead atoms. The average Bonchev–Trinajstić information content (AvgIpc) is 3.85. The number of benzene rings is 2. The number of nitrogens with two attached hydrogens (primary N) is 2. The Bertz CT molecular complexity index is 1680. The minimum atomic E-state index is -1.36. The number of phenolic OH excluding ortho intramolecular Hbond substituents is 1. The number of carboxylic acid groups (broad SMARTS) is 2. The number of amides is 5. The molecule has 2 aliphatic rings. The summed E-state index contributed by atoms with van der Waals surface area (Å²) in [7, 11) is 0. The maximum Gasteiger partial charge on any atom is 0.326 e. The molecular weight excluding hydrogens is 714 g/mol. The molecule has 0 unspecified atom stereocenters. The van der Waals surface area contributed by atoms with E-state index < -0.39 is 84.1 Å². The Kier molecular flexibility index (Phi) is 15.5. The fourth-order valence-electron chi connectivity index (χ4n) is 6.98. The van der Waals surface area contributed by atoms with Crippen LogP contribution in [0, 0.1) is 0 Å². The van der Waals surface area contributed by atoms with Gasteiger partial charge in [-0.05, 0) is 74.8 Å². The van der Waals surface area contributed by atoms with Gasteiger partial charge in [-0.3, -0.25) is 28.8 Å². The summed E-state index contributed by atoms with van der Waals surface area (Å²) in [6.45, 7) is 0.702. The van der Waals surface area contributed by atoms with Crippen LogP contribution in [0.5, 0.6) is 5.75 Å². The van der Waals surface area contributed by atoms with Crippen LogP contribution in [0.2, 0.25) is 0 Å². The van der Waals surface area contributed by atoms with Crippen molar-refractivity contribution in [1.29, 1.82) is 0 Å². The zero-order valence-corrected chi connectivity index (χ0v) is 30.6. The van der Waals surface area contributed by atoms with Crippen molar-refractivity contribution in [3.8, 4) is 5.75 Å². The number of carbonyl (C=O) groups excluding carboxylic acids is 5. The van der Waals surface area contributed by atoms with Crippen LogP contribution in [-0.2, 0) is 46.4 Å². The number of nitrogens with zero attached hydrogens (tertiary/aromatic N) is 2. The van der Waals surface area contributed by atoms with E-state index in [2.05, 4.69) is 16.0 Å². The van der Waals surface area contributed by atoms with Crippen molar-refractivity contribution in [3.63, 3.8) is 0 Å². The summed E-state index contributed by atoms with van der Waals surface area (Å²) in [5.74, 6) is -5.77. The molecule has 298 valence electrons.